The summed E-state index contributed by atoms with van der Waals surface area (Å²) in [5.41, 5.74) is 8.05. The van der Waals surface area contributed by atoms with Crippen LogP contribution in [0.4, 0.5) is 5.69 Å². The van der Waals surface area contributed by atoms with E-state index in [1.165, 1.54) is 24.0 Å². The first-order valence-electron chi connectivity index (χ1n) is 10.2. The van der Waals surface area contributed by atoms with Gasteiger partial charge in [0.15, 0.2) is 0 Å². The fourth-order valence-corrected chi connectivity index (χ4v) is 4.18. The number of nitrogens with one attached hydrogen (secondary N) is 1. The highest BCUT2D eigenvalue weighted by molar-refractivity contribution is 5.93. The normalized spacial score (nSPS) is 13.2. The zero-order valence-electron chi connectivity index (χ0n) is 17.5. The minimum Gasteiger partial charge on any atom is -0.326 e. The Morgan fingerprint density at radius 1 is 1.07 bits per heavy atom. The lowest BCUT2D eigenvalue weighted by Crippen LogP contribution is -2.18. The van der Waals surface area contributed by atoms with Crippen LogP contribution in [0.15, 0.2) is 24.3 Å². The van der Waals surface area contributed by atoms with Crippen molar-refractivity contribution in [3.8, 4) is 5.95 Å². The Kier molecular flexibility index (Phi) is 5.18. The number of aromatic nitrogens is 4. The zero-order chi connectivity index (χ0) is 20.5. The summed E-state index contributed by atoms with van der Waals surface area (Å²) in [5.74, 6) is 0.531. The summed E-state index contributed by atoms with van der Waals surface area (Å²) >= 11 is 0. The van der Waals surface area contributed by atoms with Crippen LogP contribution in [-0.2, 0) is 24.1 Å². The first-order valence-corrected chi connectivity index (χ1v) is 10.2. The molecule has 150 valence electrons. The van der Waals surface area contributed by atoms with E-state index in [-0.39, 0.29) is 12.3 Å². The Morgan fingerprint density at radius 2 is 1.79 bits per heavy atom. The SMILES string of the molecule is Cc1cc(C)nc(-n2nc(C)c(CC(=O)Nc3cccc4c3CCCC4)c2C)n1. The summed E-state index contributed by atoms with van der Waals surface area (Å²) in [5, 5.41) is 7.74. The van der Waals surface area contributed by atoms with E-state index in [0.717, 1.165) is 46.9 Å². The molecule has 2 aromatic heterocycles. The van der Waals surface area contributed by atoms with Crippen molar-refractivity contribution in [2.75, 3.05) is 5.32 Å². The molecule has 0 fully saturated rings. The number of carbonyl (C=O) groups excluding carboxylic acids is 1. The molecule has 0 bridgehead atoms. The first kappa shape index (κ1) is 19.3. The molecule has 6 nitrogen and oxygen atoms in total. The van der Waals surface area contributed by atoms with Crippen LogP contribution in [-0.4, -0.2) is 25.7 Å². The van der Waals surface area contributed by atoms with E-state index >= 15 is 0 Å². The molecule has 6 heteroatoms. The summed E-state index contributed by atoms with van der Waals surface area (Å²) in [6.45, 7) is 7.78. The van der Waals surface area contributed by atoms with Crippen LogP contribution >= 0.6 is 0 Å². The molecule has 0 radical (unpaired) electrons. The van der Waals surface area contributed by atoms with E-state index in [4.69, 9.17) is 0 Å². The molecule has 0 aliphatic heterocycles. The third-order valence-electron chi connectivity index (χ3n) is 5.61. The lowest BCUT2D eigenvalue weighted by Gasteiger charge is -2.19. The van der Waals surface area contributed by atoms with Crippen LogP contribution in [0.2, 0.25) is 0 Å². The van der Waals surface area contributed by atoms with Crippen LogP contribution in [0, 0.1) is 27.7 Å². The lowest BCUT2D eigenvalue weighted by atomic mass is 9.90. The Bertz CT molecular complexity index is 1060. The summed E-state index contributed by atoms with van der Waals surface area (Å²) in [4.78, 5) is 21.9. The molecule has 1 aliphatic carbocycles. The van der Waals surface area contributed by atoms with Crippen LogP contribution in [0.1, 0.15) is 52.3 Å². The summed E-state index contributed by atoms with van der Waals surface area (Å²) < 4.78 is 1.74. The number of aryl methyl sites for hydroxylation is 4. The second-order valence-electron chi connectivity index (χ2n) is 7.89. The number of rotatable bonds is 4. The molecular formula is C23H27N5O. The molecule has 1 N–H and O–H groups in total. The van der Waals surface area contributed by atoms with Crippen molar-refractivity contribution < 1.29 is 4.79 Å². The van der Waals surface area contributed by atoms with Crippen molar-refractivity contribution in [1.82, 2.24) is 19.7 Å². The molecule has 0 atom stereocenters. The maximum atomic E-state index is 12.8. The largest absolute Gasteiger partial charge is 0.326 e. The lowest BCUT2D eigenvalue weighted by molar-refractivity contribution is -0.115. The zero-order valence-corrected chi connectivity index (χ0v) is 17.5. The Labute approximate surface area is 171 Å². The van der Waals surface area contributed by atoms with E-state index in [9.17, 15) is 4.79 Å². The number of anilines is 1. The monoisotopic (exact) mass is 389 g/mol. The molecule has 2 heterocycles. The second kappa shape index (κ2) is 7.78. The number of benzene rings is 1. The van der Waals surface area contributed by atoms with Crippen LogP contribution in [0.25, 0.3) is 5.95 Å². The van der Waals surface area contributed by atoms with Crippen molar-refractivity contribution in [2.24, 2.45) is 0 Å². The molecular weight excluding hydrogens is 362 g/mol. The minimum atomic E-state index is -0.0175. The van der Waals surface area contributed by atoms with Gasteiger partial charge in [0.2, 0.25) is 5.91 Å². The quantitative estimate of drug-likeness (QED) is 0.733. The molecule has 0 unspecified atom stereocenters. The fourth-order valence-electron chi connectivity index (χ4n) is 4.18. The van der Waals surface area contributed by atoms with E-state index in [2.05, 4.69) is 26.4 Å². The van der Waals surface area contributed by atoms with Gasteiger partial charge in [-0.3, -0.25) is 4.79 Å². The van der Waals surface area contributed by atoms with Gasteiger partial charge in [0.25, 0.3) is 5.95 Å². The van der Waals surface area contributed by atoms with Crippen molar-refractivity contribution >= 4 is 11.6 Å². The Morgan fingerprint density at radius 3 is 2.55 bits per heavy atom. The molecule has 0 spiro atoms. The number of carbonyl (C=O) groups is 1. The van der Waals surface area contributed by atoms with Crippen LogP contribution in [0.5, 0.6) is 0 Å². The smallest absolute Gasteiger partial charge is 0.251 e. The third-order valence-corrected chi connectivity index (χ3v) is 5.61. The fraction of sp³-hybridized carbons (Fsp3) is 0.391. The summed E-state index contributed by atoms with van der Waals surface area (Å²) in [6.07, 6.45) is 4.82. The van der Waals surface area contributed by atoms with Gasteiger partial charge in [-0.1, -0.05) is 12.1 Å². The van der Waals surface area contributed by atoms with E-state index in [1.54, 1.807) is 4.68 Å². The highest BCUT2D eigenvalue weighted by atomic mass is 16.1. The topological polar surface area (TPSA) is 72.7 Å². The van der Waals surface area contributed by atoms with Gasteiger partial charge in [0, 0.05) is 28.3 Å². The average molecular weight is 390 g/mol. The first-order chi connectivity index (χ1) is 13.9. The number of nitrogens with zero attached hydrogens (tertiary/aromatic N) is 4. The standard InChI is InChI=1S/C23H27N5O/c1-14-12-15(2)25-23(24-14)28-17(4)20(16(3)27-28)13-22(29)26-21-11-7-9-18-8-5-6-10-19(18)21/h7,9,11-12H,5-6,8,10,13H2,1-4H3,(H,26,29). The van der Waals surface area contributed by atoms with E-state index in [0.29, 0.717) is 5.95 Å². The Hall–Kier alpha value is -3.02. The number of hydrogen-bond donors (Lipinski definition) is 1. The number of hydrogen-bond acceptors (Lipinski definition) is 4. The third kappa shape index (κ3) is 3.92. The number of fused-ring (bicyclic) bond motifs is 1. The van der Waals surface area contributed by atoms with Gasteiger partial charge in [-0.25, -0.2) is 14.6 Å². The predicted molar refractivity (Wildman–Crippen MR) is 114 cm³/mol. The van der Waals surface area contributed by atoms with Crippen LogP contribution < -0.4 is 5.32 Å². The van der Waals surface area contributed by atoms with Gasteiger partial charge in [0.05, 0.1) is 12.1 Å². The molecule has 1 aromatic carbocycles. The van der Waals surface area contributed by atoms with Gasteiger partial charge in [-0.15, -0.1) is 0 Å². The molecule has 0 saturated carbocycles. The summed E-state index contributed by atoms with van der Waals surface area (Å²) in [7, 11) is 0. The van der Waals surface area contributed by atoms with Crippen molar-refractivity contribution in [1.29, 1.82) is 0 Å². The predicted octanol–water partition coefficient (Wildman–Crippen LogP) is 3.96. The molecule has 0 saturated heterocycles. The van der Waals surface area contributed by atoms with Gasteiger partial charge < -0.3 is 5.32 Å². The molecule has 4 rings (SSSR count). The van der Waals surface area contributed by atoms with Gasteiger partial charge >= 0.3 is 0 Å². The summed E-state index contributed by atoms with van der Waals surface area (Å²) in [6, 6.07) is 8.15. The Balaban J connectivity index is 1.57. The molecule has 29 heavy (non-hydrogen) atoms. The highest BCUT2D eigenvalue weighted by Gasteiger charge is 2.19. The maximum Gasteiger partial charge on any atom is 0.251 e. The van der Waals surface area contributed by atoms with Crippen LogP contribution in [0.3, 0.4) is 0 Å². The van der Waals surface area contributed by atoms with E-state index < -0.39 is 0 Å². The molecule has 1 aliphatic rings. The molecule has 3 aromatic rings. The van der Waals surface area contributed by atoms with Gasteiger partial charge in [0.1, 0.15) is 0 Å². The highest BCUT2D eigenvalue weighted by Crippen LogP contribution is 2.28. The molecule has 1 amide bonds. The maximum absolute atomic E-state index is 12.8. The van der Waals surface area contributed by atoms with E-state index in [1.807, 2.05) is 45.9 Å². The van der Waals surface area contributed by atoms with Gasteiger partial charge in [-0.2, -0.15) is 5.10 Å². The van der Waals surface area contributed by atoms with Crippen molar-refractivity contribution in [3.05, 3.63) is 63.7 Å². The second-order valence-corrected chi connectivity index (χ2v) is 7.89. The average Bonchev–Trinajstić information content (AvgIpc) is 2.96. The van der Waals surface area contributed by atoms with Crippen molar-refractivity contribution in [3.63, 3.8) is 0 Å². The van der Waals surface area contributed by atoms with Gasteiger partial charge in [-0.05, 0) is 76.6 Å². The van der Waals surface area contributed by atoms with Crippen molar-refractivity contribution in [2.45, 2.75) is 59.8 Å². The number of amides is 1. The minimum absolute atomic E-state index is 0.0175.